The van der Waals surface area contributed by atoms with Crippen LogP contribution in [0.1, 0.15) is 15.9 Å². The van der Waals surface area contributed by atoms with Crippen LogP contribution in [0.5, 0.6) is 0 Å². The van der Waals surface area contributed by atoms with Crippen LogP contribution in [0.3, 0.4) is 0 Å². The van der Waals surface area contributed by atoms with Crippen molar-refractivity contribution in [3.63, 3.8) is 0 Å². The van der Waals surface area contributed by atoms with Crippen molar-refractivity contribution >= 4 is 34.5 Å². The van der Waals surface area contributed by atoms with Crippen LogP contribution in [-0.2, 0) is 6.54 Å². The van der Waals surface area contributed by atoms with Gasteiger partial charge in [0.1, 0.15) is 11.6 Å². The number of rotatable bonds is 3. The Kier molecular flexibility index (Phi) is 4.77. The average molecular weight is 358 g/mol. The van der Waals surface area contributed by atoms with E-state index >= 15 is 0 Å². The number of amides is 1. The summed E-state index contributed by atoms with van der Waals surface area (Å²) in [6.45, 7) is -0.0916. The minimum absolute atomic E-state index is 0.0916. The zero-order valence-corrected chi connectivity index (χ0v) is 12.6. The number of nitrogens with one attached hydrogen (secondary N) is 1. The summed E-state index contributed by atoms with van der Waals surface area (Å²) in [5, 5.41) is 2.53. The summed E-state index contributed by atoms with van der Waals surface area (Å²) < 4.78 is 27.2. The Morgan fingerprint density at radius 1 is 1.20 bits per heavy atom. The first-order valence-corrected chi connectivity index (χ1v) is 6.92. The molecule has 0 fully saturated rings. The van der Waals surface area contributed by atoms with Crippen LogP contribution in [0.2, 0.25) is 0 Å². The molecule has 2 aromatic carbocycles. The van der Waals surface area contributed by atoms with Gasteiger partial charge in [0.15, 0.2) is 0 Å². The summed E-state index contributed by atoms with van der Waals surface area (Å²) in [6, 6.07) is 8.10. The van der Waals surface area contributed by atoms with Crippen molar-refractivity contribution in [1.82, 2.24) is 5.32 Å². The first kappa shape index (κ1) is 15.0. The highest BCUT2D eigenvalue weighted by Crippen LogP contribution is 2.20. The van der Waals surface area contributed by atoms with Gasteiger partial charge in [-0.15, -0.1) is 12.6 Å². The van der Waals surface area contributed by atoms with Crippen molar-refractivity contribution in [3.05, 3.63) is 63.6 Å². The third-order valence-electron chi connectivity index (χ3n) is 2.65. The molecule has 20 heavy (non-hydrogen) atoms. The Hall–Kier alpha value is -1.40. The van der Waals surface area contributed by atoms with Crippen molar-refractivity contribution < 1.29 is 13.6 Å². The average Bonchev–Trinajstić information content (AvgIpc) is 2.39. The normalized spacial score (nSPS) is 10.4. The van der Waals surface area contributed by atoms with Gasteiger partial charge in [-0.1, -0.05) is 15.9 Å². The number of hydrogen-bond acceptors (Lipinski definition) is 2. The Morgan fingerprint density at radius 2 is 1.95 bits per heavy atom. The predicted octanol–water partition coefficient (Wildman–Crippen LogP) is 3.95. The van der Waals surface area contributed by atoms with Crippen molar-refractivity contribution in [2.24, 2.45) is 0 Å². The van der Waals surface area contributed by atoms with E-state index in [0.717, 1.165) is 22.7 Å². The van der Waals surface area contributed by atoms with Gasteiger partial charge in [-0.25, -0.2) is 8.78 Å². The van der Waals surface area contributed by atoms with E-state index in [1.54, 1.807) is 18.2 Å². The molecule has 6 heteroatoms. The molecule has 0 atom stereocenters. The van der Waals surface area contributed by atoms with Crippen LogP contribution in [-0.4, -0.2) is 5.91 Å². The zero-order valence-electron chi connectivity index (χ0n) is 10.2. The molecule has 0 saturated carbocycles. The SMILES string of the molecule is O=C(NCc1cc(F)ccc1F)c1ccc(Br)cc1S. The summed E-state index contributed by atoms with van der Waals surface area (Å²) in [7, 11) is 0. The van der Waals surface area contributed by atoms with E-state index in [1.165, 1.54) is 0 Å². The fraction of sp³-hybridized carbons (Fsp3) is 0.0714. The van der Waals surface area contributed by atoms with Gasteiger partial charge < -0.3 is 5.32 Å². The molecule has 0 radical (unpaired) electrons. The molecule has 0 aliphatic rings. The monoisotopic (exact) mass is 357 g/mol. The second kappa shape index (κ2) is 6.37. The maximum atomic E-state index is 13.4. The lowest BCUT2D eigenvalue weighted by molar-refractivity contribution is 0.0947. The summed E-state index contributed by atoms with van der Waals surface area (Å²) in [4.78, 5) is 12.5. The quantitative estimate of drug-likeness (QED) is 0.800. The van der Waals surface area contributed by atoms with E-state index in [9.17, 15) is 13.6 Å². The number of thiol groups is 1. The molecule has 2 aromatic rings. The molecule has 1 amide bonds. The molecule has 0 bridgehead atoms. The van der Waals surface area contributed by atoms with Crippen molar-refractivity contribution in [1.29, 1.82) is 0 Å². The van der Waals surface area contributed by atoms with Gasteiger partial charge in [-0.3, -0.25) is 4.79 Å². The minimum Gasteiger partial charge on any atom is -0.348 e. The molecule has 0 aliphatic carbocycles. The fourth-order valence-corrected chi connectivity index (χ4v) is 2.50. The van der Waals surface area contributed by atoms with E-state index < -0.39 is 17.5 Å². The molecule has 2 nitrogen and oxygen atoms in total. The molecule has 0 unspecified atom stereocenters. The van der Waals surface area contributed by atoms with Gasteiger partial charge in [0.25, 0.3) is 5.91 Å². The molecule has 2 rings (SSSR count). The molecule has 0 heterocycles. The lowest BCUT2D eigenvalue weighted by atomic mass is 10.2. The standard InChI is InChI=1S/C14H10BrF2NOS/c15-9-1-3-11(13(20)6-9)14(19)18-7-8-5-10(16)2-4-12(8)17/h1-6,20H,7H2,(H,18,19). The van der Waals surface area contributed by atoms with Crippen molar-refractivity contribution in [2.45, 2.75) is 11.4 Å². The lowest BCUT2D eigenvalue weighted by Gasteiger charge is -2.08. The maximum Gasteiger partial charge on any atom is 0.252 e. The second-order valence-corrected chi connectivity index (χ2v) is 5.48. The molecule has 0 aliphatic heterocycles. The first-order valence-electron chi connectivity index (χ1n) is 5.68. The topological polar surface area (TPSA) is 29.1 Å². The molecule has 0 saturated heterocycles. The van der Waals surface area contributed by atoms with Crippen LogP contribution in [0.4, 0.5) is 8.78 Å². The van der Waals surface area contributed by atoms with E-state index in [1.807, 2.05) is 0 Å². The molecule has 1 N–H and O–H groups in total. The number of carbonyl (C=O) groups excluding carboxylic acids is 1. The minimum atomic E-state index is -0.561. The lowest BCUT2D eigenvalue weighted by Crippen LogP contribution is -2.23. The number of carbonyl (C=O) groups is 1. The summed E-state index contributed by atoms with van der Waals surface area (Å²) >= 11 is 7.47. The van der Waals surface area contributed by atoms with E-state index in [-0.39, 0.29) is 12.1 Å². The van der Waals surface area contributed by atoms with Crippen LogP contribution < -0.4 is 5.32 Å². The Bertz CT molecular complexity index is 664. The van der Waals surface area contributed by atoms with Gasteiger partial charge in [0.2, 0.25) is 0 Å². The Labute approximate surface area is 128 Å². The highest BCUT2D eigenvalue weighted by atomic mass is 79.9. The third-order valence-corrected chi connectivity index (χ3v) is 3.51. The fourth-order valence-electron chi connectivity index (χ4n) is 1.65. The maximum absolute atomic E-state index is 13.4. The first-order chi connectivity index (χ1) is 9.47. The van der Waals surface area contributed by atoms with Crippen LogP contribution in [0.15, 0.2) is 45.8 Å². The van der Waals surface area contributed by atoms with E-state index in [2.05, 4.69) is 33.9 Å². The van der Waals surface area contributed by atoms with Gasteiger partial charge in [0.05, 0.1) is 5.56 Å². The largest absolute Gasteiger partial charge is 0.348 e. The molecule has 104 valence electrons. The van der Waals surface area contributed by atoms with E-state index in [0.29, 0.717) is 10.5 Å². The number of benzene rings is 2. The highest BCUT2D eigenvalue weighted by molar-refractivity contribution is 9.10. The predicted molar refractivity (Wildman–Crippen MR) is 78.9 cm³/mol. The number of halogens is 3. The smallest absolute Gasteiger partial charge is 0.252 e. The van der Waals surface area contributed by atoms with Crippen LogP contribution >= 0.6 is 28.6 Å². The number of hydrogen-bond donors (Lipinski definition) is 2. The Morgan fingerprint density at radius 3 is 2.65 bits per heavy atom. The van der Waals surface area contributed by atoms with Gasteiger partial charge >= 0.3 is 0 Å². The van der Waals surface area contributed by atoms with E-state index in [4.69, 9.17) is 0 Å². The summed E-state index contributed by atoms with van der Waals surface area (Å²) in [5.41, 5.74) is 0.463. The highest BCUT2D eigenvalue weighted by Gasteiger charge is 2.11. The van der Waals surface area contributed by atoms with Gasteiger partial charge in [-0.05, 0) is 36.4 Å². The van der Waals surface area contributed by atoms with Crippen molar-refractivity contribution in [2.75, 3.05) is 0 Å². The second-order valence-electron chi connectivity index (χ2n) is 4.08. The molecule has 0 spiro atoms. The van der Waals surface area contributed by atoms with Gasteiger partial charge in [0, 0.05) is 21.5 Å². The molecular formula is C14H10BrF2NOS. The molecular weight excluding hydrogens is 348 g/mol. The third kappa shape index (κ3) is 3.58. The van der Waals surface area contributed by atoms with Gasteiger partial charge in [-0.2, -0.15) is 0 Å². The summed E-state index contributed by atoms with van der Waals surface area (Å²) in [5.74, 6) is -1.51. The van der Waals surface area contributed by atoms with Crippen LogP contribution in [0, 0.1) is 11.6 Å². The summed E-state index contributed by atoms with van der Waals surface area (Å²) in [6.07, 6.45) is 0. The molecule has 0 aromatic heterocycles. The van der Waals surface area contributed by atoms with Crippen LogP contribution in [0.25, 0.3) is 0 Å². The Balaban J connectivity index is 2.10. The zero-order chi connectivity index (χ0) is 14.7. The van der Waals surface area contributed by atoms with Crippen molar-refractivity contribution in [3.8, 4) is 0 Å².